The molecular formula is C18H15Br3O9S. The van der Waals surface area contributed by atoms with Crippen LogP contribution in [0.3, 0.4) is 0 Å². The number of carbonyl (C=O) groups is 3. The van der Waals surface area contributed by atoms with Gasteiger partial charge in [0.15, 0.2) is 0 Å². The van der Waals surface area contributed by atoms with Gasteiger partial charge >= 0.3 is 17.9 Å². The maximum Gasteiger partial charge on any atom is 0.339 e. The second-order valence-corrected chi connectivity index (χ2v) is 11.7. The zero-order valence-electron chi connectivity index (χ0n) is 15.5. The van der Waals surface area contributed by atoms with Gasteiger partial charge in [0, 0.05) is 25.3 Å². The lowest BCUT2D eigenvalue weighted by atomic mass is 9.78. The number of benzene rings is 1. The molecule has 13 heteroatoms. The van der Waals surface area contributed by atoms with Crippen LogP contribution in [0.25, 0.3) is 0 Å². The van der Waals surface area contributed by atoms with Crippen LogP contribution in [0.15, 0.2) is 25.6 Å². The first-order chi connectivity index (χ1) is 14.5. The topological polar surface area (TPSA) is 133 Å². The van der Waals surface area contributed by atoms with Crippen molar-refractivity contribution < 1.29 is 41.6 Å². The van der Waals surface area contributed by atoms with Crippen molar-refractivity contribution in [2.75, 3.05) is 12.4 Å². The number of rotatable bonds is 6. The average molecular weight is 647 g/mol. The average Bonchev–Trinajstić information content (AvgIpc) is 3.27. The van der Waals surface area contributed by atoms with Gasteiger partial charge in [-0.3, -0.25) is 14.1 Å². The van der Waals surface area contributed by atoms with Gasteiger partial charge in [0.25, 0.3) is 10.1 Å². The van der Waals surface area contributed by atoms with E-state index >= 15 is 0 Å². The molecule has 1 aliphatic heterocycles. The molecule has 6 unspecified atom stereocenters. The highest BCUT2D eigenvalue weighted by molar-refractivity contribution is 9.13. The standard InChI is InChI=1S/C18H15Br3O9S/c19-6-3-9(13(21)10(20)4-6)16(22)29-14-7-5-8-12(18(24)30-15(8)14)11(7)17(23)28-1-2-31(25,26)27/h3-4,7-8,11-12,14-15H,1-2,5H2,(H,25,26,27). The van der Waals surface area contributed by atoms with Gasteiger partial charge in [-0.1, -0.05) is 15.9 Å². The third kappa shape index (κ3) is 4.31. The number of hydrogen-bond donors (Lipinski definition) is 1. The molecule has 31 heavy (non-hydrogen) atoms. The third-order valence-corrected chi connectivity index (χ3v) is 9.01. The summed E-state index contributed by atoms with van der Waals surface area (Å²) in [7, 11) is -4.29. The van der Waals surface area contributed by atoms with Crippen LogP contribution >= 0.6 is 47.8 Å². The Morgan fingerprint density at radius 3 is 2.58 bits per heavy atom. The van der Waals surface area contributed by atoms with Crippen molar-refractivity contribution >= 4 is 75.8 Å². The van der Waals surface area contributed by atoms with E-state index in [2.05, 4.69) is 47.8 Å². The predicted octanol–water partition coefficient (Wildman–Crippen LogP) is 2.74. The highest BCUT2D eigenvalue weighted by atomic mass is 79.9. The van der Waals surface area contributed by atoms with Crippen LogP contribution < -0.4 is 0 Å². The van der Waals surface area contributed by atoms with E-state index in [-0.39, 0.29) is 11.5 Å². The number of carbonyl (C=O) groups excluding carboxylic acids is 3. The Morgan fingerprint density at radius 1 is 1.19 bits per heavy atom. The van der Waals surface area contributed by atoms with Gasteiger partial charge in [-0.05, 0) is 50.4 Å². The molecule has 3 fully saturated rings. The maximum atomic E-state index is 12.9. The Labute approximate surface area is 202 Å². The van der Waals surface area contributed by atoms with Gasteiger partial charge < -0.3 is 14.2 Å². The van der Waals surface area contributed by atoms with E-state index in [4.69, 9.17) is 18.8 Å². The lowest BCUT2D eigenvalue weighted by molar-refractivity contribution is -0.155. The summed E-state index contributed by atoms with van der Waals surface area (Å²) in [6, 6.07) is 3.33. The van der Waals surface area contributed by atoms with Crippen molar-refractivity contribution in [3.8, 4) is 0 Å². The molecule has 1 N–H and O–H groups in total. The lowest BCUT2D eigenvalue weighted by Gasteiger charge is -2.30. The van der Waals surface area contributed by atoms with Crippen LogP contribution in [-0.4, -0.2) is 55.4 Å². The first-order valence-corrected chi connectivity index (χ1v) is 13.1. The molecule has 2 aliphatic carbocycles. The van der Waals surface area contributed by atoms with Crippen LogP contribution in [0.2, 0.25) is 0 Å². The van der Waals surface area contributed by atoms with Gasteiger partial charge in [-0.25, -0.2) is 4.79 Å². The third-order valence-electron chi connectivity index (χ3n) is 5.86. The molecule has 0 radical (unpaired) electrons. The molecule has 2 bridgehead atoms. The quantitative estimate of drug-likeness (QED) is 0.214. The number of halogens is 3. The molecule has 0 spiro atoms. The minimum atomic E-state index is -4.29. The number of ether oxygens (including phenoxy) is 3. The molecule has 2 saturated carbocycles. The first kappa shape index (κ1) is 23.1. The van der Waals surface area contributed by atoms with Crippen LogP contribution in [0.5, 0.6) is 0 Å². The van der Waals surface area contributed by atoms with E-state index in [1.807, 2.05) is 0 Å². The zero-order valence-corrected chi connectivity index (χ0v) is 21.1. The van der Waals surface area contributed by atoms with Crippen molar-refractivity contribution in [3.05, 3.63) is 31.1 Å². The van der Waals surface area contributed by atoms with Gasteiger partial charge in [-0.15, -0.1) is 0 Å². The van der Waals surface area contributed by atoms with Crippen molar-refractivity contribution in [1.82, 2.24) is 0 Å². The van der Waals surface area contributed by atoms with E-state index in [1.165, 1.54) is 0 Å². The molecule has 9 nitrogen and oxygen atoms in total. The van der Waals surface area contributed by atoms with Gasteiger partial charge in [0.2, 0.25) is 0 Å². The highest BCUT2D eigenvalue weighted by Crippen LogP contribution is 2.59. The van der Waals surface area contributed by atoms with Crippen LogP contribution in [0.1, 0.15) is 16.8 Å². The van der Waals surface area contributed by atoms with Crippen LogP contribution in [0.4, 0.5) is 0 Å². The normalized spacial score (nSPS) is 30.9. The molecule has 0 amide bonds. The lowest BCUT2D eigenvalue weighted by Crippen LogP contribution is -2.44. The fourth-order valence-corrected chi connectivity index (χ4v) is 6.61. The number of hydrogen-bond acceptors (Lipinski definition) is 8. The van der Waals surface area contributed by atoms with Crippen molar-refractivity contribution in [1.29, 1.82) is 0 Å². The molecular weight excluding hydrogens is 632 g/mol. The van der Waals surface area contributed by atoms with Gasteiger partial charge in [0.1, 0.15) is 24.6 Å². The molecule has 1 aromatic carbocycles. The smallest absolute Gasteiger partial charge is 0.339 e. The van der Waals surface area contributed by atoms with E-state index in [9.17, 15) is 22.8 Å². The SMILES string of the molecule is O=C(OC1C2CC3C1OC(=O)C3C2C(=O)OCCS(=O)(=O)O)c1cc(Br)cc(Br)c1Br. The first-order valence-electron chi connectivity index (χ1n) is 9.15. The molecule has 168 valence electrons. The summed E-state index contributed by atoms with van der Waals surface area (Å²) in [5, 5.41) is 0. The van der Waals surface area contributed by atoms with Gasteiger partial charge in [-0.2, -0.15) is 8.42 Å². The Hall–Kier alpha value is -1.02. The van der Waals surface area contributed by atoms with Crippen LogP contribution in [0, 0.1) is 23.7 Å². The number of esters is 3. The fourth-order valence-electron chi connectivity index (χ4n) is 4.70. The summed E-state index contributed by atoms with van der Waals surface area (Å²) >= 11 is 10.00. The van der Waals surface area contributed by atoms with Crippen molar-refractivity contribution in [2.45, 2.75) is 18.6 Å². The summed E-state index contributed by atoms with van der Waals surface area (Å²) in [5.74, 6) is -5.13. The molecule has 1 aromatic rings. The van der Waals surface area contributed by atoms with Crippen molar-refractivity contribution in [3.63, 3.8) is 0 Å². The maximum absolute atomic E-state index is 12.9. The summed E-state index contributed by atoms with van der Waals surface area (Å²) in [6.07, 6.45) is -1.02. The van der Waals surface area contributed by atoms with Crippen molar-refractivity contribution in [2.24, 2.45) is 23.7 Å². The monoisotopic (exact) mass is 644 g/mol. The fraction of sp³-hybridized carbons (Fsp3) is 0.500. The second-order valence-electron chi connectivity index (χ2n) is 7.59. The summed E-state index contributed by atoms with van der Waals surface area (Å²) < 4.78 is 48.4. The Balaban J connectivity index is 1.53. The molecule has 1 heterocycles. The van der Waals surface area contributed by atoms with E-state index < -0.39 is 70.3 Å². The van der Waals surface area contributed by atoms with Crippen LogP contribution in [-0.2, 0) is 33.9 Å². The predicted molar refractivity (Wildman–Crippen MR) is 115 cm³/mol. The van der Waals surface area contributed by atoms with Gasteiger partial charge in [0.05, 0.1) is 17.4 Å². The Kier molecular flexibility index (Phi) is 6.27. The Morgan fingerprint density at radius 2 is 1.90 bits per heavy atom. The Bertz CT molecular complexity index is 1070. The summed E-state index contributed by atoms with van der Waals surface area (Å²) in [5.41, 5.74) is 0.247. The minimum absolute atomic E-state index is 0.247. The summed E-state index contributed by atoms with van der Waals surface area (Å²) in [6.45, 7) is -0.541. The summed E-state index contributed by atoms with van der Waals surface area (Å²) in [4.78, 5) is 37.9. The van der Waals surface area contributed by atoms with E-state index in [0.717, 1.165) is 0 Å². The largest absolute Gasteiger partial charge is 0.464 e. The van der Waals surface area contributed by atoms with E-state index in [1.54, 1.807) is 12.1 Å². The second kappa shape index (κ2) is 8.40. The zero-order chi connectivity index (χ0) is 22.7. The highest BCUT2D eigenvalue weighted by Gasteiger charge is 2.70. The molecule has 3 aliphatic rings. The van der Waals surface area contributed by atoms with E-state index in [0.29, 0.717) is 19.8 Å². The molecule has 6 atom stereocenters. The number of fused-ring (bicyclic) bond motifs is 1. The molecule has 4 rings (SSSR count). The molecule has 0 aromatic heterocycles. The minimum Gasteiger partial charge on any atom is -0.464 e. The molecule has 1 saturated heterocycles.